The van der Waals surface area contributed by atoms with Gasteiger partial charge >= 0.3 is 0 Å². The Morgan fingerprint density at radius 1 is 1.41 bits per heavy atom. The molecule has 98 valence electrons. The van der Waals surface area contributed by atoms with Gasteiger partial charge < -0.3 is 11.1 Å². The summed E-state index contributed by atoms with van der Waals surface area (Å²) in [4.78, 5) is 4.25. The number of nitrogens with zero attached hydrogens (tertiary/aromatic N) is 1. The van der Waals surface area contributed by atoms with E-state index in [9.17, 15) is 0 Å². The van der Waals surface area contributed by atoms with E-state index in [0.29, 0.717) is 11.5 Å². The number of aromatic nitrogens is 1. The lowest BCUT2D eigenvalue weighted by molar-refractivity contribution is 0.329. The fourth-order valence-electron chi connectivity index (χ4n) is 1.88. The summed E-state index contributed by atoms with van der Waals surface area (Å²) in [5.41, 5.74) is 9.48. The molecule has 17 heavy (non-hydrogen) atoms. The quantitative estimate of drug-likeness (QED) is 0.736. The molecule has 3 nitrogen and oxygen atoms in total. The predicted octanol–water partition coefficient (Wildman–Crippen LogP) is 2.43. The van der Waals surface area contributed by atoms with Crippen LogP contribution in [0, 0.1) is 5.41 Å². The minimum atomic E-state index is 0.307. The Hall–Kier alpha value is -0.450. The molecule has 3 N–H and O–H groups in total. The summed E-state index contributed by atoms with van der Waals surface area (Å²) in [6, 6.07) is 0.307. The Balaban J connectivity index is 2.00. The van der Waals surface area contributed by atoms with Crippen molar-refractivity contribution in [2.45, 2.75) is 46.1 Å². The van der Waals surface area contributed by atoms with Crippen LogP contribution in [-0.4, -0.2) is 24.1 Å². The van der Waals surface area contributed by atoms with Crippen molar-refractivity contribution in [2.75, 3.05) is 13.1 Å². The molecule has 1 atom stereocenters. The van der Waals surface area contributed by atoms with E-state index in [-0.39, 0.29) is 0 Å². The van der Waals surface area contributed by atoms with Crippen LogP contribution < -0.4 is 11.1 Å². The maximum Gasteiger partial charge on any atom is 0.0794 e. The molecule has 0 aliphatic carbocycles. The average Bonchev–Trinajstić information content (AvgIpc) is 2.67. The van der Waals surface area contributed by atoms with Crippen molar-refractivity contribution >= 4 is 11.3 Å². The molecule has 0 bridgehead atoms. The zero-order chi connectivity index (χ0) is 12.7. The van der Waals surface area contributed by atoms with E-state index in [1.165, 1.54) is 5.69 Å². The van der Waals surface area contributed by atoms with Gasteiger partial charge in [-0.15, -0.1) is 11.3 Å². The molecule has 0 radical (unpaired) electrons. The number of hydrogen-bond donors (Lipinski definition) is 2. The molecule has 1 heterocycles. The lowest BCUT2D eigenvalue weighted by Crippen LogP contribution is -2.31. The third-order valence-corrected chi connectivity index (χ3v) is 3.24. The number of nitrogens with one attached hydrogen (secondary N) is 1. The second-order valence-corrected chi connectivity index (χ2v) is 6.51. The van der Waals surface area contributed by atoms with Gasteiger partial charge in [-0.1, -0.05) is 20.8 Å². The van der Waals surface area contributed by atoms with E-state index in [1.54, 1.807) is 11.3 Å². The molecule has 1 aromatic heterocycles. The number of rotatable bonds is 7. The van der Waals surface area contributed by atoms with Gasteiger partial charge in [0.05, 0.1) is 11.2 Å². The molecule has 0 saturated heterocycles. The summed E-state index contributed by atoms with van der Waals surface area (Å²) in [6.07, 6.45) is 3.15. The van der Waals surface area contributed by atoms with Gasteiger partial charge in [0.25, 0.3) is 0 Å². The maximum atomic E-state index is 6.09. The van der Waals surface area contributed by atoms with Gasteiger partial charge in [-0.2, -0.15) is 0 Å². The largest absolute Gasteiger partial charge is 0.328 e. The van der Waals surface area contributed by atoms with Crippen LogP contribution in [0.15, 0.2) is 10.9 Å². The van der Waals surface area contributed by atoms with E-state index in [2.05, 4.69) is 36.5 Å². The van der Waals surface area contributed by atoms with E-state index in [4.69, 9.17) is 5.73 Å². The molecule has 0 aliphatic heterocycles. The first-order valence-electron chi connectivity index (χ1n) is 6.31. The maximum absolute atomic E-state index is 6.09. The van der Waals surface area contributed by atoms with Gasteiger partial charge in [0.1, 0.15) is 0 Å². The van der Waals surface area contributed by atoms with Crippen molar-refractivity contribution < 1.29 is 0 Å². The zero-order valence-corrected chi connectivity index (χ0v) is 12.0. The highest BCUT2D eigenvalue weighted by molar-refractivity contribution is 7.07. The monoisotopic (exact) mass is 255 g/mol. The highest BCUT2D eigenvalue weighted by atomic mass is 32.1. The molecule has 4 heteroatoms. The smallest absolute Gasteiger partial charge is 0.0794 e. The predicted molar refractivity (Wildman–Crippen MR) is 75.4 cm³/mol. The van der Waals surface area contributed by atoms with Gasteiger partial charge in [0.15, 0.2) is 0 Å². The summed E-state index contributed by atoms with van der Waals surface area (Å²) in [7, 11) is 0. The first kappa shape index (κ1) is 14.6. The van der Waals surface area contributed by atoms with Gasteiger partial charge in [0, 0.05) is 24.4 Å². The van der Waals surface area contributed by atoms with Gasteiger partial charge in [-0.25, -0.2) is 4.98 Å². The number of nitrogens with two attached hydrogens (primary N) is 1. The summed E-state index contributed by atoms with van der Waals surface area (Å²) < 4.78 is 0. The second-order valence-electron chi connectivity index (χ2n) is 5.79. The van der Waals surface area contributed by atoms with Crippen molar-refractivity contribution in [3.63, 3.8) is 0 Å². The van der Waals surface area contributed by atoms with Crippen LogP contribution in [0.4, 0.5) is 0 Å². The van der Waals surface area contributed by atoms with E-state index < -0.39 is 0 Å². The molecule has 0 fully saturated rings. The third kappa shape index (κ3) is 7.47. The fourth-order valence-corrected chi connectivity index (χ4v) is 2.47. The molecule has 0 spiro atoms. The van der Waals surface area contributed by atoms with Crippen molar-refractivity contribution in [1.29, 1.82) is 0 Å². The Morgan fingerprint density at radius 3 is 2.76 bits per heavy atom. The molecular formula is C13H25N3S. The third-order valence-electron chi connectivity index (χ3n) is 2.61. The standard InChI is InChI=1S/C13H25N3S/c1-13(2,3)8-11(14)4-6-15-7-5-12-9-17-10-16-12/h9-11,15H,4-8,14H2,1-3H3. The Labute approximate surface area is 109 Å². The summed E-state index contributed by atoms with van der Waals surface area (Å²) in [5.74, 6) is 0. The highest BCUT2D eigenvalue weighted by Crippen LogP contribution is 2.20. The molecule has 1 unspecified atom stereocenters. The van der Waals surface area contributed by atoms with Gasteiger partial charge in [0.2, 0.25) is 0 Å². The van der Waals surface area contributed by atoms with Crippen LogP contribution in [0.5, 0.6) is 0 Å². The summed E-state index contributed by atoms with van der Waals surface area (Å²) >= 11 is 1.66. The number of hydrogen-bond acceptors (Lipinski definition) is 4. The van der Waals surface area contributed by atoms with E-state index >= 15 is 0 Å². The molecule has 0 saturated carbocycles. The minimum Gasteiger partial charge on any atom is -0.328 e. The first-order valence-corrected chi connectivity index (χ1v) is 7.25. The van der Waals surface area contributed by atoms with Crippen molar-refractivity contribution in [1.82, 2.24) is 10.3 Å². The normalized spacial score (nSPS) is 13.9. The lowest BCUT2D eigenvalue weighted by atomic mass is 9.87. The minimum absolute atomic E-state index is 0.307. The van der Waals surface area contributed by atoms with Crippen molar-refractivity contribution in [3.8, 4) is 0 Å². The Morgan fingerprint density at radius 2 is 2.18 bits per heavy atom. The topological polar surface area (TPSA) is 50.9 Å². The van der Waals surface area contributed by atoms with Crippen LogP contribution in [-0.2, 0) is 6.42 Å². The van der Waals surface area contributed by atoms with Crippen molar-refractivity contribution in [3.05, 3.63) is 16.6 Å². The Kier molecular flexibility index (Phi) is 6.09. The first-order chi connectivity index (χ1) is 7.97. The second kappa shape index (κ2) is 7.09. The van der Waals surface area contributed by atoms with Gasteiger partial charge in [-0.3, -0.25) is 0 Å². The molecule has 0 amide bonds. The average molecular weight is 255 g/mol. The van der Waals surface area contributed by atoms with Crippen LogP contribution in [0.3, 0.4) is 0 Å². The summed E-state index contributed by atoms with van der Waals surface area (Å²) in [6.45, 7) is 8.71. The van der Waals surface area contributed by atoms with E-state index in [0.717, 1.165) is 32.4 Å². The van der Waals surface area contributed by atoms with Gasteiger partial charge in [-0.05, 0) is 24.8 Å². The van der Waals surface area contributed by atoms with Crippen LogP contribution >= 0.6 is 11.3 Å². The fraction of sp³-hybridized carbons (Fsp3) is 0.769. The van der Waals surface area contributed by atoms with Crippen molar-refractivity contribution in [2.24, 2.45) is 11.1 Å². The zero-order valence-electron chi connectivity index (χ0n) is 11.2. The van der Waals surface area contributed by atoms with Crippen LogP contribution in [0.25, 0.3) is 0 Å². The van der Waals surface area contributed by atoms with Crippen LogP contribution in [0.2, 0.25) is 0 Å². The Bertz CT molecular complexity index is 290. The molecular weight excluding hydrogens is 230 g/mol. The lowest BCUT2D eigenvalue weighted by Gasteiger charge is -2.23. The SMILES string of the molecule is CC(C)(C)CC(N)CCNCCc1cscn1. The molecule has 0 aliphatic rings. The summed E-state index contributed by atoms with van der Waals surface area (Å²) in [5, 5.41) is 5.53. The molecule has 1 aromatic rings. The molecule has 1 rings (SSSR count). The number of thiazole rings is 1. The molecule has 0 aromatic carbocycles. The highest BCUT2D eigenvalue weighted by Gasteiger charge is 2.14. The van der Waals surface area contributed by atoms with Crippen LogP contribution in [0.1, 0.15) is 39.3 Å². The van der Waals surface area contributed by atoms with E-state index in [1.807, 2.05) is 5.51 Å².